The van der Waals surface area contributed by atoms with E-state index in [2.05, 4.69) is 59.1 Å². The molecule has 0 aliphatic carbocycles. The first-order chi connectivity index (χ1) is 10.1. The number of aliphatic hydroxyl groups excluding tert-OH is 1. The standard InChI is InChI=1S/C18H22BrNO/c1-14-5-3-4-6-16(14)13-20(2)12-11-18(21)15-7-9-17(19)10-8-15/h3-10,18,21H,11-13H2,1-2H3. The van der Waals surface area contributed by atoms with Gasteiger partial charge in [0.05, 0.1) is 6.10 Å². The van der Waals surface area contributed by atoms with Crippen LogP contribution in [0.3, 0.4) is 0 Å². The van der Waals surface area contributed by atoms with E-state index in [1.165, 1.54) is 11.1 Å². The van der Waals surface area contributed by atoms with Gasteiger partial charge in [0.2, 0.25) is 0 Å². The van der Waals surface area contributed by atoms with Crippen molar-refractivity contribution in [3.63, 3.8) is 0 Å². The molecule has 2 rings (SSSR count). The van der Waals surface area contributed by atoms with E-state index in [4.69, 9.17) is 0 Å². The van der Waals surface area contributed by atoms with Crippen molar-refractivity contribution >= 4 is 15.9 Å². The second-order valence-electron chi connectivity index (χ2n) is 5.52. The lowest BCUT2D eigenvalue weighted by Crippen LogP contribution is -2.21. The highest BCUT2D eigenvalue weighted by atomic mass is 79.9. The SMILES string of the molecule is Cc1ccccc1CN(C)CCC(O)c1ccc(Br)cc1. The number of hydrogen-bond acceptors (Lipinski definition) is 2. The number of halogens is 1. The number of nitrogens with zero attached hydrogens (tertiary/aromatic N) is 1. The number of benzene rings is 2. The molecule has 0 aromatic heterocycles. The third-order valence-corrected chi connectivity index (χ3v) is 4.27. The second-order valence-corrected chi connectivity index (χ2v) is 6.44. The zero-order valence-electron chi connectivity index (χ0n) is 12.6. The van der Waals surface area contributed by atoms with Crippen molar-refractivity contribution in [1.29, 1.82) is 0 Å². The van der Waals surface area contributed by atoms with Gasteiger partial charge in [-0.05, 0) is 49.2 Å². The molecule has 3 heteroatoms. The summed E-state index contributed by atoms with van der Waals surface area (Å²) in [7, 11) is 2.10. The summed E-state index contributed by atoms with van der Waals surface area (Å²) in [5.74, 6) is 0. The van der Waals surface area contributed by atoms with E-state index in [-0.39, 0.29) is 0 Å². The maximum atomic E-state index is 10.2. The molecule has 0 radical (unpaired) electrons. The average Bonchev–Trinajstić information content (AvgIpc) is 2.48. The number of aryl methyl sites for hydroxylation is 1. The van der Waals surface area contributed by atoms with Crippen LogP contribution in [0.1, 0.15) is 29.2 Å². The Morgan fingerprint density at radius 2 is 1.76 bits per heavy atom. The minimum atomic E-state index is -0.405. The van der Waals surface area contributed by atoms with Crippen LogP contribution in [0.2, 0.25) is 0 Å². The molecule has 2 nitrogen and oxygen atoms in total. The second kappa shape index (κ2) is 7.74. The van der Waals surface area contributed by atoms with E-state index < -0.39 is 6.10 Å². The molecule has 0 bridgehead atoms. The first-order valence-electron chi connectivity index (χ1n) is 7.23. The first-order valence-corrected chi connectivity index (χ1v) is 8.02. The number of hydrogen-bond donors (Lipinski definition) is 1. The van der Waals surface area contributed by atoms with Gasteiger partial charge in [-0.25, -0.2) is 0 Å². The van der Waals surface area contributed by atoms with Crippen LogP contribution in [0.25, 0.3) is 0 Å². The van der Waals surface area contributed by atoms with Crippen LogP contribution in [0.4, 0.5) is 0 Å². The van der Waals surface area contributed by atoms with E-state index in [1.54, 1.807) is 0 Å². The van der Waals surface area contributed by atoms with Crippen molar-refractivity contribution in [2.24, 2.45) is 0 Å². The Balaban J connectivity index is 1.85. The molecule has 0 saturated carbocycles. The highest BCUT2D eigenvalue weighted by molar-refractivity contribution is 9.10. The van der Waals surface area contributed by atoms with Crippen molar-refractivity contribution in [1.82, 2.24) is 4.90 Å². The van der Waals surface area contributed by atoms with Crippen molar-refractivity contribution in [3.8, 4) is 0 Å². The molecular formula is C18H22BrNO. The lowest BCUT2D eigenvalue weighted by atomic mass is 10.1. The van der Waals surface area contributed by atoms with Gasteiger partial charge < -0.3 is 10.0 Å². The molecule has 1 atom stereocenters. The molecule has 2 aromatic rings. The molecule has 0 aliphatic rings. The van der Waals surface area contributed by atoms with Gasteiger partial charge in [-0.3, -0.25) is 0 Å². The minimum Gasteiger partial charge on any atom is -0.388 e. The van der Waals surface area contributed by atoms with Crippen LogP contribution in [-0.2, 0) is 6.54 Å². The number of aliphatic hydroxyl groups is 1. The predicted octanol–water partition coefficient (Wildman–Crippen LogP) is 4.31. The summed E-state index contributed by atoms with van der Waals surface area (Å²) in [4.78, 5) is 2.25. The topological polar surface area (TPSA) is 23.5 Å². The van der Waals surface area contributed by atoms with Crippen LogP contribution >= 0.6 is 15.9 Å². The molecule has 1 unspecified atom stereocenters. The zero-order chi connectivity index (χ0) is 15.2. The third-order valence-electron chi connectivity index (χ3n) is 3.74. The molecule has 1 N–H and O–H groups in total. The van der Waals surface area contributed by atoms with E-state index in [1.807, 2.05) is 24.3 Å². The fraction of sp³-hybridized carbons (Fsp3) is 0.333. The van der Waals surface area contributed by atoms with E-state index >= 15 is 0 Å². The van der Waals surface area contributed by atoms with Crippen molar-refractivity contribution < 1.29 is 5.11 Å². The Labute approximate surface area is 135 Å². The smallest absolute Gasteiger partial charge is 0.0802 e. The molecular weight excluding hydrogens is 326 g/mol. The molecule has 0 heterocycles. The van der Waals surface area contributed by atoms with Crippen molar-refractivity contribution in [2.75, 3.05) is 13.6 Å². The van der Waals surface area contributed by atoms with Gasteiger partial charge >= 0.3 is 0 Å². The fourth-order valence-electron chi connectivity index (χ4n) is 2.35. The molecule has 0 saturated heterocycles. The van der Waals surface area contributed by atoms with Crippen LogP contribution < -0.4 is 0 Å². The maximum absolute atomic E-state index is 10.2. The molecule has 0 aliphatic heterocycles. The van der Waals surface area contributed by atoms with E-state index in [0.29, 0.717) is 0 Å². The summed E-state index contributed by atoms with van der Waals surface area (Å²) in [6.45, 7) is 3.92. The van der Waals surface area contributed by atoms with Gasteiger partial charge in [-0.1, -0.05) is 52.3 Å². The Kier molecular flexibility index (Phi) is 5.97. The summed E-state index contributed by atoms with van der Waals surface area (Å²) < 4.78 is 1.04. The predicted molar refractivity (Wildman–Crippen MR) is 91.2 cm³/mol. The van der Waals surface area contributed by atoms with Crippen LogP contribution in [0, 0.1) is 6.92 Å². The van der Waals surface area contributed by atoms with E-state index in [9.17, 15) is 5.11 Å². The summed E-state index contributed by atoms with van der Waals surface area (Å²) in [5, 5.41) is 10.2. The molecule has 0 amide bonds. The van der Waals surface area contributed by atoms with E-state index in [0.717, 1.165) is 29.5 Å². The fourth-order valence-corrected chi connectivity index (χ4v) is 2.62. The Bertz CT molecular complexity index is 568. The Morgan fingerprint density at radius 3 is 2.43 bits per heavy atom. The first kappa shape index (κ1) is 16.2. The normalized spacial score (nSPS) is 12.6. The van der Waals surface area contributed by atoms with Crippen LogP contribution in [0.15, 0.2) is 53.0 Å². The summed E-state index contributed by atoms with van der Waals surface area (Å²) in [5.41, 5.74) is 3.64. The Morgan fingerprint density at radius 1 is 1.10 bits per heavy atom. The molecule has 112 valence electrons. The maximum Gasteiger partial charge on any atom is 0.0802 e. The Hall–Kier alpha value is -1.16. The van der Waals surface area contributed by atoms with Gasteiger partial charge in [0.1, 0.15) is 0 Å². The van der Waals surface area contributed by atoms with Gasteiger partial charge in [-0.15, -0.1) is 0 Å². The monoisotopic (exact) mass is 347 g/mol. The lowest BCUT2D eigenvalue weighted by molar-refractivity contribution is 0.147. The highest BCUT2D eigenvalue weighted by Crippen LogP contribution is 2.20. The van der Waals surface area contributed by atoms with Crippen molar-refractivity contribution in [2.45, 2.75) is 26.0 Å². The minimum absolute atomic E-state index is 0.405. The van der Waals surface area contributed by atoms with Gasteiger partial charge in [0.25, 0.3) is 0 Å². The zero-order valence-corrected chi connectivity index (χ0v) is 14.2. The lowest BCUT2D eigenvalue weighted by Gasteiger charge is -2.20. The highest BCUT2D eigenvalue weighted by Gasteiger charge is 2.09. The largest absolute Gasteiger partial charge is 0.388 e. The number of rotatable bonds is 6. The van der Waals surface area contributed by atoms with Crippen molar-refractivity contribution in [3.05, 3.63) is 69.7 Å². The quantitative estimate of drug-likeness (QED) is 0.841. The molecule has 0 spiro atoms. The van der Waals surface area contributed by atoms with Gasteiger partial charge in [-0.2, -0.15) is 0 Å². The van der Waals surface area contributed by atoms with Gasteiger partial charge in [0.15, 0.2) is 0 Å². The van der Waals surface area contributed by atoms with Crippen LogP contribution in [0.5, 0.6) is 0 Å². The van der Waals surface area contributed by atoms with Gasteiger partial charge in [0, 0.05) is 17.6 Å². The third kappa shape index (κ3) is 4.95. The average molecular weight is 348 g/mol. The summed E-state index contributed by atoms with van der Waals surface area (Å²) in [6.07, 6.45) is 0.335. The molecule has 21 heavy (non-hydrogen) atoms. The summed E-state index contributed by atoms with van der Waals surface area (Å²) >= 11 is 3.41. The van der Waals surface area contributed by atoms with Crippen LogP contribution in [-0.4, -0.2) is 23.6 Å². The molecule has 0 fully saturated rings. The molecule has 2 aromatic carbocycles. The summed E-state index contributed by atoms with van der Waals surface area (Å²) in [6, 6.07) is 16.3.